The summed E-state index contributed by atoms with van der Waals surface area (Å²) < 4.78 is 56.3. The number of rotatable bonds is 24. The number of likely N-dealkylation sites (tertiary alicyclic amines) is 3. The molecule has 4 aromatic heterocycles. The first kappa shape index (κ1) is 87.2. The van der Waals surface area contributed by atoms with E-state index in [1.165, 1.54) is 39.6 Å². The number of methoxy groups -OCH3 is 9. The summed E-state index contributed by atoms with van der Waals surface area (Å²) in [7, 11) is 14.1. The third-order valence-corrected chi connectivity index (χ3v) is 23.4. The Labute approximate surface area is 706 Å². The SMILES string of the molecule is C=CC(=C)N1CCC2C(CNc3c(C(N)=O)c(-c4cc(OC)c(C)c(OC)c4)nn32)C1.C=CC(=O)N1CC2CNc3c(C(N)=O)c(-c4cc(OC)c(OC)c(OC)c4)nn3C2C1.C=CC(=O)N1CCC2Nc3c(C(N)=O)c(-c4cc(OC)c(C)c(OC)c4)nn3CC2C1.C=CC(=O)NCC1CCNc2c(C(N)=O)c(-c3cc(OC)c(C)c(OC)c3)nn21. The fourth-order valence-electron chi connectivity index (χ4n) is 17.0. The molecule has 11 heterocycles. The van der Waals surface area contributed by atoms with E-state index < -0.39 is 23.6 Å². The molecule has 0 spiro atoms. The van der Waals surface area contributed by atoms with Crippen molar-refractivity contribution in [3.63, 3.8) is 0 Å². The minimum absolute atomic E-state index is 0.0675. The molecule has 646 valence electrons. The van der Waals surface area contributed by atoms with Gasteiger partial charge in [0.05, 0.1) is 82.1 Å². The highest BCUT2D eigenvalue weighted by molar-refractivity contribution is 6.07. The van der Waals surface area contributed by atoms with Gasteiger partial charge in [0.2, 0.25) is 23.5 Å². The average Bonchev–Trinajstić information content (AvgIpc) is 1.58. The van der Waals surface area contributed by atoms with E-state index in [0.717, 1.165) is 66.8 Å². The number of allylic oxidation sites excluding steroid dienone is 1. The van der Waals surface area contributed by atoms with E-state index in [1.54, 1.807) is 96.8 Å². The van der Waals surface area contributed by atoms with Gasteiger partial charge in [-0.2, -0.15) is 20.4 Å². The van der Waals surface area contributed by atoms with Crippen molar-refractivity contribution in [2.24, 2.45) is 40.7 Å². The van der Waals surface area contributed by atoms with Crippen molar-refractivity contribution in [2.45, 2.75) is 70.7 Å². The molecule has 0 aliphatic carbocycles. The smallest absolute Gasteiger partial charge is 0.254 e. The number of piperidine rings is 2. The van der Waals surface area contributed by atoms with Crippen LogP contribution in [0.3, 0.4) is 0 Å². The molecule has 3 saturated heterocycles. The van der Waals surface area contributed by atoms with Crippen molar-refractivity contribution in [1.82, 2.24) is 59.1 Å². The summed E-state index contributed by atoms with van der Waals surface area (Å²) in [6, 6.07) is 14.5. The number of ether oxygens (including phenoxy) is 9. The molecule has 7 amide bonds. The second kappa shape index (κ2) is 37.0. The van der Waals surface area contributed by atoms with Gasteiger partial charge in [-0.25, -0.2) is 18.7 Å². The summed E-state index contributed by atoms with van der Waals surface area (Å²) in [6.45, 7) is 31.2. The number of amides is 7. The number of primary amides is 4. The fourth-order valence-corrected chi connectivity index (χ4v) is 17.0. The van der Waals surface area contributed by atoms with Gasteiger partial charge in [-0.1, -0.05) is 32.9 Å². The van der Waals surface area contributed by atoms with Crippen LogP contribution in [0.5, 0.6) is 51.7 Å². The van der Waals surface area contributed by atoms with Crippen LogP contribution < -0.4 is 92.2 Å². The molecule has 15 rings (SSSR count). The number of aromatic nitrogens is 8. The molecule has 7 aliphatic rings. The minimum atomic E-state index is -0.604. The molecular weight excluding hydrogens is 1570 g/mol. The lowest BCUT2D eigenvalue weighted by Gasteiger charge is -2.43. The van der Waals surface area contributed by atoms with Crippen molar-refractivity contribution >= 4 is 64.6 Å². The van der Waals surface area contributed by atoms with Gasteiger partial charge in [0.25, 0.3) is 23.6 Å². The Morgan fingerprint density at radius 2 is 0.820 bits per heavy atom. The zero-order valence-corrected chi connectivity index (χ0v) is 70.7. The fraction of sp³-hybridized carbons (Fsp3) is 0.384. The first-order chi connectivity index (χ1) is 58.6. The Morgan fingerprint density at radius 1 is 0.434 bits per heavy atom. The third-order valence-electron chi connectivity index (χ3n) is 23.4. The van der Waals surface area contributed by atoms with E-state index in [-0.39, 0.29) is 64.9 Å². The molecule has 7 unspecified atom stereocenters. The maximum atomic E-state index is 12.5. The highest BCUT2D eigenvalue weighted by atomic mass is 16.5. The molecule has 0 bridgehead atoms. The van der Waals surface area contributed by atoms with Gasteiger partial charge >= 0.3 is 0 Å². The van der Waals surface area contributed by atoms with Crippen LogP contribution >= 0.6 is 0 Å². The Kier molecular flexibility index (Phi) is 26.5. The highest BCUT2D eigenvalue weighted by Gasteiger charge is 2.44. The minimum Gasteiger partial charge on any atom is -0.496 e. The summed E-state index contributed by atoms with van der Waals surface area (Å²) in [4.78, 5) is 91.2. The van der Waals surface area contributed by atoms with E-state index in [0.29, 0.717) is 184 Å². The topological polar surface area (TPSA) is 448 Å². The molecule has 13 N–H and O–H groups in total. The van der Waals surface area contributed by atoms with Crippen molar-refractivity contribution in [3.05, 3.63) is 150 Å². The number of carbonyl (C=O) groups excluding carboxylic acids is 7. The van der Waals surface area contributed by atoms with Crippen molar-refractivity contribution in [2.75, 3.05) is 151 Å². The van der Waals surface area contributed by atoms with Crippen LogP contribution in [0.4, 0.5) is 23.3 Å². The van der Waals surface area contributed by atoms with Crippen LogP contribution in [0.15, 0.2) is 111 Å². The van der Waals surface area contributed by atoms with E-state index >= 15 is 0 Å². The highest BCUT2D eigenvalue weighted by Crippen LogP contribution is 2.48. The number of nitrogens with one attached hydrogen (secondary N) is 5. The zero-order chi connectivity index (χ0) is 88.0. The number of hydrogen-bond acceptors (Lipinski definition) is 25. The standard InChI is InChI=1S/C23H29N5O3.C22H27N5O4.C21H25N5O5.C20H25N5O4/c1-6-13(2)27-8-7-17-16(12-27)11-25-23-20(22(24)29)21(26-28(17)23)15-9-18(30-4)14(3)19(10-15)31-5;1-5-18(28)26-7-6-15-14(10-26)11-27-22(24-15)19(21(23)29)20(25-27)13-8-16(30-3)12(2)17(9-13)31-4;1-5-16(27)25-9-12-8-23-21-17(20(22)28)18(24-26(21)13(12)10-25)11-6-14(29-2)19(31-4)15(7-11)30-3;1-5-16(26)23-10-13-6-7-22-20-17(19(21)27)18(24-25(13)20)12-8-14(28-3)11(2)15(9-12)29-4/h6,9-10,16-17,25H,1-2,7-8,11-12H2,3-5H3,(H2,24,29);5,8-9,14-15,24H,1,6-7,10-11H2,2-4H3,(H2,23,29);5-7,12-13,23H,1,8-10H2,2-4H3,(H2,22,28);5,8-9,13,22H,1,6-7,10H2,2-4H3,(H2,21,27)(H,23,26). The van der Waals surface area contributed by atoms with Gasteiger partial charge < -0.3 is 107 Å². The van der Waals surface area contributed by atoms with Crippen LogP contribution in [0.25, 0.3) is 45.0 Å². The molecule has 36 nitrogen and oxygen atoms in total. The van der Waals surface area contributed by atoms with Gasteiger partial charge in [-0.3, -0.25) is 33.6 Å². The molecule has 122 heavy (non-hydrogen) atoms. The van der Waals surface area contributed by atoms with Crippen LogP contribution in [-0.4, -0.2) is 231 Å². The first-order valence-corrected chi connectivity index (χ1v) is 39.5. The quantitative estimate of drug-likeness (QED) is 0.0207. The molecule has 3 fully saturated rings. The number of nitrogens with two attached hydrogens (primary N) is 4. The van der Waals surface area contributed by atoms with Crippen molar-refractivity contribution < 1.29 is 76.2 Å². The first-order valence-electron chi connectivity index (χ1n) is 39.5. The van der Waals surface area contributed by atoms with E-state index in [4.69, 9.17) is 80.9 Å². The monoisotopic (exact) mass is 1670 g/mol. The maximum absolute atomic E-state index is 12.5. The summed E-state index contributed by atoms with van der Waals surface area (Å²) in [5.41, 5.74) is 32.4. The number of hydrogen-bond donors (Lipinski definition) is 9. The Hall–Kier alpha value is -14.1. The number of fused-ring (bicyclic) bond motifs is 9. The Bertz CT molecular complexity index is 5340. The Balaban J connectivity index is 0.000000149. The van der Waals surface area contributed by atoms with E-state index in [2.05, 4.69) is 69.5 Å². The lowest BCUT2D eigenvalue weighted by molar-refractivity contribution is -0.128. The summed E-state index contributed by atoms with van der Waals surface area (Å²) >= 11 is 0. The van der Waals surface area contributed by atoms with Crippen LogP contribution in [0.1, 0.15) is 95.5 Å². The maximum Gasteiger partial charge on any atom is 0.254 e. The molecule has 4 aromatic carbocycles. The molecule has 0 radical (unpaired) electrons. The van der Waals surface area contributed by atoms with Crippen LogP contribution in [0.2, 0.25) is 0 Å². The van der Waals surface area contributed by atoms with Gasteiger partial charge in [0.1, 0.15) is 103 Å². The largest absolute Gasteiger partial charge is 0.496 e. The molecule has 8 aromatic rings. The number of nitrogens with zero attached hydrogens (tertiary/aromatic N) is 11. The predicted octanol–water partition coefficient (Wildman–Crippen LogP) is 7.69. The van der Waals surface area contributed by atoms with E-state index in [9.17, 15) is 33.6 Å². The van der Waals surface area contributed by atoms with Crippen LogP contribution in [0, 0.1) is 38.5 Å². The second-order valence-corrected chi connectivity index (χ2v) is 30.1. The van der Waals surface area contributed by atoms with Crippen molar-refractivity contribution in [3.8, 4) is 96.8 Å². The Morgan fingerprint density at radius 3 is 1.25 bits per heavy atom. The summed E-state index contributed by atoms with van der Waals surface area (Å²) in [5, 5.41) is 35.2. The van der Waals surface area contributed by atoms with Crippen LogP contribution in [-0.2, 0) is 20.9 Å². The normalized spacial score (nSPS) is 18.4. The van der Waals surface area contributed by atoms with Gasteiger partial charge in [0, 0.05) is 140 Å². The summed E-state index contributed by atoms with van der Waals surface area (Å²) in [5.74, 6) is 5.45. The van der Waals surface area contributed by atoms with E-state index in [1.807, 2.05) is 49.7 Å². The third kappa shape index (κ3) is 16.9. The molecule has 36 heteroatoms. The number of benzene rings is 4. The van der Waals surface area contributed by atoms with Gasteiger partial charge in [-0.05, 0) is 113 Å². The number of anilines is 4. The lowest BCUT2D eigenvalue weighted by Crippen LogP contribution is -2.52. The molecule has 7 atom stereocenters. The van der Waals surface area contributed by atoms with Crippen molar-refractivity contribution in [1.29, 1.82) is 0 Å². The lowest BCUT2D eigenvalue weighted by atomic mass is 9.90. The molecule has 7 aliphatic heterocycles. The molecular formula is C86H106N20O16. The summed E-state index contributed by atoms with van der Waals surface area (Å²) in [6.07, 6.45) is 8.06. The second-order valence-electron chi connectivity index (χ2n) is 30.1. The number of carbonyl (C=O) groups is 7. The predicted molar refractivity (Wildman–Crippen MR) is 460 cm³/mol. The molecule has 0 saturated carbocycles. The zero-order valence-electron chi connectivity index (χ0n) is 70.7. The average molecular weight is 1680 g/mol. The van der Waals surface area contributed by atoms with Gasteiger partial charge in [-0.15, -0.1) is 0 Å². The van der Waals surface area contributed by atoms with Gasteiger partial charge in [0.15, 0.2) is 11.5 Å².